The molecule has 2 aromatic carbocycles. The second kappa shape index (κ2) is 8.85. The minimum absolute atomic E-state index is 0.101. The highest BCUT2D eigenvalue weighted by molar-refractivity contribution is 5.96. The number of fused-ring (bicyclic) bond motifs is 1. The van der Waals surface area contributed by atoms with E-state index in [0.717, 1.165) is 40.7 Å². The Kier molecular flexibility index (Phi) is 6.04. The topological polar surface area (TPSA) is 63.2 Å². The number of rotatable bonds is 8. The lowest BCUT2D eigenvalue weighted by Crippen LogP contribution is -2.21. The van der Waals surface area contributed by atoms with Gasteiger partial charge in [0.15, 0.2) is 0 Å². The lowest BCUT2D eigenvalue weighted by Gasteiger charge is -2.10. The average Bonchev–Trinajstić information content (AvgIpc) is 2.67. The first kappa shape index (κ1) is 17.7. The standard InChI is InChI=1S/C21H23N3O2/c1-2-3-11-26-20-6-4-5-18(13-20)23-15-21(25)24-19-8-7-17-14-22-10-9-16(17)12-19/h4-10,12-14,23H,2-3,11,15H2,1H3,(H,24,25). The van der Waals surface area contributed by atoms with Crippen LogP contribution in [0.4, 0.5) is 11.4 Å². The molecule has 0 bridgehead atoms. The fourth-order valence-corrected chi connectivity index (χ4v) is 2.58. The maximum absolute atomic E-state index is 12.2. The molecule has 1 amide bonds. The number of amides is 1. The normalized spacial score (nSPS) is 10.5. The fourth-order valence-electron chi connectivity index (χ4n) is 2.58. The molecule has 0 atom stereocenters. The van der Waals surface area contributed by atoms with Crippen LogP contribution >= 0.6 is 0 Å². The van der Waals surface area contributed by atoms with E-state index in [-0.39, 0.29) is 12.5 Å². The first-order chi connectivity index (χ1) is 12.7. The van der Waals surface area contributed by atoms with Crippen molar-refractivity contribution in [2.75, 3.05) is 23.8 Å². The van der Waals surface area contributed by atoms with Gasteiger partial charge in [-0.3, -0.25) is 9.78 Å². The van der Waals surface area contributed by atoms with Crippen LogP contribution in [0.5, 0.6) is 5.75 Å². The summed E-state index contributed by atoms with van der Waals surface area (Å²) in [6.07, 6.45) is 5.67. The molecule has 0 aliphatic carbocycles. The number of carbonyl (C=O) groups excluding carboxylic acids is 1. The molecular weight excluding hydrogens is 326 g/mol. The number of aromatic nitrogens is 1. The summed E-state index contributed by atoms with van der Waals surface area (Å²) in [5.74, 6) is 0.711. The number of carbonyl (C=O) groups is 1. The van der Waals surface area contributed by atoms with Gasteiger partial charge in [0.25, 0.3) is 0 Å². The average molecular weight is 349 g/mol. The Morgan fingerprint density at radius 2 is 2.00 bits per heavy atom. The van der Waals surface area contributed by atoms with Crippen molar-refractivity contribution in [3.05, 3.63) is 60.9 Å². The molecule has 0 fully saturated rings. The van der Waals surface area contributed by atoms with Gasteiger partial charge < -0.3 is 15.4 Å². The minimum Gasteiger partial charge on any atom is -0.494 e. The Bertz CT molecular complexity index is 880. The molecule has 1 aromatic heterocycles. The predicted octanol–water partition coefficient (Wildman–Crippen LogP) is 4.46. The van der Waals surface area contributed by atoms with Crippen molar-refractivity contribution < 1.29 is 9.53 Å². The number of hydrogen-bond donors (Lipinski definition) is 2. The number of ether oxygens (including phenoxy) is 1. The Morgan fingerprint density at radius 1 is 1.08 bits per heavy atom. The SMILES string of the molecule is CCCCOc1cccc(NCC(=O)Nc2ccc3cnccc3c2)c1. The van der Waals surface area contributed by atoms with Gasteiger partial charge in [0.1, 0.15) is 5.75 Å². The third-order valence-corrected chi connectivity index (χ3v) is 3.98. The smallest absolute Gasteiger partial charge is 0.243 e. The number of pyridine rings is 1. The van der Waals surface area contributed by atoms with Gasteiger partial charge in [0.05, 0.1) is 13.2 Å². The van der Waals surface area contributed by atoms with E-state index in [9.17, 15) is 4.79 Å². The molecule has 1 heterocycles. The van der Waals surface area contributed by atoms with Crippen molar-refractivity contribution in [2.24, 2.45) is 0 Å². The predicted molar refractivity (Wildman–Crippen MR) is 106 cm³/mol. The van der Waals surface area contributed by atoms with Crippen LogP contribution in [-0.2, 0) is 4.79 Å². The monoisotopic (exact) mass is 349 g/mol. The quantitative estimate of drug-likeness (QED) is 0.589. The van der Waals surface area contributed by atoms with Gasteiger partial charge in [0, 0.05) is 35.2 Å². The summed E-state index contributed by atoms with van der Waals surface area (Å²) in [6, 6.07) is 15.4. The summed E-state index contributed by atoms with van der Waals surface area (Å²) in [6.45, 7) is 3.02. The second-order valence-electron chi connectivity index (χ2n) is 6.07. The molecule has 0 unspecified atom stereocenters. The summed E-state index contributed by atoms with van der Waals surface area (Å²) < 4.78 is 5.68. The van der Waals surface area contributed by atoms with Gasteiger partial charge in [-0.15, -0.1) is 0 Å². The van der Waals surface area contributed by atoms with Gasteiger partial charge in [-0.1, -0.05) is 25.5 Å². The van der Waals surface area contributed by atoms with Crippen LogP contribution in [0.2, 0.25) is 0 Å². The number of anilines is 2. The van der Waals surface area contributed by atoms with Crippen LogP contribution in [0.3, 0.4) is 0 Å². The van der Waals surface area contributed by atoms with Crippen LogP contribution in [0.25, 0.3) is 10.8 Å². The maximum Gasteiger partial charge on any atom is 0.243 e. The Labute approximate surface area is 153 Å². The molecule has 134 valence electrons. The van der Waals surface area contributed by atoms with Crippen molar-refractivity contribution in [3.63, 3.8) is 0 Å². The van der Waals surface area contributed by atoms with Crippen LogP contribution in [0.15, 0.2) is 60.9 Å². The highest BCUT2D eigenvalue weighted by atomic mass is 16.5. The fraction of sp³-hybridized carbons (Fsp3) is 0.238. The maximum atomic E-state index is 12.2. The molecule has 5 heteroatoms. The van der Waals surface area contributed by atoms with E-state index in [0.29, 0.717) is 6.61 Å². The van der Waals surface area contributed by atoms with E-state index in [1.165, 1.54) is 0 Å². The molecule has 5 nitrogen and oxygen atoms in total. The van der Waals surface area contributed by atoms with E-state index < -0.39 is 0 Å². The van der Waals surface area contributed by atoms with Crippen LogP contribution in [0, 0.1) is 0 Å². The zero-order chi connectivity index (χ0) is 18.2. The van der Waals surface area contributed by atoms with E-state index in [1.807, 2.05) is 48.5 Å². The molecule has 0 spiro atoms. The molecular formula is C21H23N3O2. The van der Waals surface area contributed by atoms with Crippen molar-refractivity contribution in [1.82, 2.24) is 4.98 Å². The van der Waals surface area contributed by atoms with Crippen LogP contribution in [0.1, 0.15) is 19.8 Å². The number of unbranched alkanes of at least 4 members (excludes halogenated alkanes) is 1. The lowest BCUT2D eigenvalue weighted by atomic mass is 10.1. The highest BCUT2D eigenvalue weighted by Crippen LogP contribution is 2.19. The second-order valence-corrected chi connectivity index (χ2v) is 6.07. The van der Waals surface area contributed by atoms with Crippen molar-refractivity contribution in [2.45, 2.75) is 19.8 Å². The van der Waals surface area contributed by atoms with Gasteiger partial charge in [-0.25, -0.2) is 0 Å². The first-order valence-corrected chi connectivity index (χ1v) is 8.85. The van der Waals surface area contributed by atoms with E-state index >= 15 is 0 Å². The summed E-state index contributed by atoms with van der Waals surface area (Å²) in [5, 5.41) is 8.13. The van der Waals surface area contributed by atoms with Crippen LogP contribution < -0.4 is 15.4 Å². The Balaban J connectivity index is 1.54. The molecule has 0 saturated carbocycles. The largest absolute Gasteiger partial charge is 0.494 e. The zero-order valence-corrected chi connectivity index (χ0v) is 14.9. The third kappa shape index (κ3) is 4.96. The summed E-state index contributed by atoms with van der Waals surface area (Å²) >= 11 is 0. The van der Waals surface area contributed by atoms with E-state index in [1.54, 1.807) is 12.4 Å². The van der Waals surface area contributed by atoms with Crippen molar-refractivity contribution in [1.29, 1.82) is 0 Å². The number of benzene rings is 2. The number of hydrogen-bond acceptors (Lipinski definition) is 4. The molecule has 0 saturated heterocycles. The molecule has 26 heavy (non-hydrogen) atoms. The summed E-state index contributed by atoms with van der Waals surface area (Å²) in [4.78, 5) is 16.3. The highest BCUT2D eigenvalue weighted by Gasteiger charge is 2.04. The van der Waals surface area contributed by atoms with Gasteiger partial charge in [-0.2, -0.15) is 0 Å². The molecule has 3 aromatic rings. The Morgan fingerprint density at radius 3 is 2.88 bits per heavy atom. The zero-order valence-electron chi connectivity index (χ0n) is 14.9. The van der Waals surface area contributed by atoms with E-state index in [4.69, 9.17) is 4.74 Å². The van der Waals surface area contributed by atoms with Gasteiger partial charge >= 0.3 is 0 Å². The van der Waals surface area contributed by atoms with E-state index in [2.05, 4.69) is 22.5 Å². The van der Waals surface area contributed by atoms with Crippen molar-refractivity contribution in [3.8, 4) is 5.75 Å². The summed E-state index contributed by atoms with van der Waals surface area (Å²) in [5.41, 5.74) is 1.63. The van der Waals surface area contributed by atoms with Gasteiger partial charge in [-0.05, 0) is 42.1 Å². The molecule has 3 rings (SSSR count). The summed E-state index contributed by atoms with van der Waals surface area (Å²) in [7, 11) is 0. The third-order valence-electron chi connectivity index (χ3n) is 3.98. The number of nitrogens with one attached hydrogen (secondary N) is 2. The molecule has 0 aliphatic rings. The molecule has 2 N–H and O–H groups in total. The molecule has 0 radical (unpaired) electrons. The minimum atomic E-state index is -0.101. The molecule has 0 aliphatic heterocycles. The Hall–Kier alpha value is -3.08. The lowest BCUT2D eigenvalue weighted by molar-refractivity contribution is -0.114. The first-order valence-electron chi connectivity index (χ1n) is 8.85. The van der Waals surface area contributed by atoms with Crippen LogP contribution in [-0.4, -0.2) is 24.0 Å². The van der Waals surface area contributed by atoms with Crippen molar-refractivity contribution >= 4 is 28.1 Å². The number of nitrogens with zero attached hydrogens (tertiary/aromatic N) is 1. The van der Waals surface area contributed by atoms with Gasteiger partial charge in [0.2, 0.25) is 5.91 Å².